The van der Waals surface area contributed by atoms with Crippen molar-refractivity contribution in [3.63, 3.8) is 0 Å². The van der Waals surface area contributed by atoms with E-state index in [0.717, 1.165) is 4.31 Å². The van der Waals surface area contributed by atoms with Gasteiger partial charge in [0.05, 0.1) is 0 Å². The van der Waals surface area contributed by atoms with Gasteiger partial charge in [0.2, 0.25) is 10.0 Å². The number of amides is 1. The molecule has 29 heavy (non-hydrogen) atoms. The summed E-state index contributed by atoms with van der Waals surface area (Å²) in [6, 6.07) is 7.75. The highest BCUT2D eigenvalue weighted by molar-refractivity contribution is 7.89. The van der Waals surface area contributed by atoms with Crippen LogP contribution in [0.2, 0.25) is 5.02 Å². The van der Waals surface area contributed by atoms with Crippen LogP contribution in [-0.4, -0.2) is 56.3 Å². The monoisotopic (exact) mass is 448 g/mol. The summed E-state index contributed by atoms with van der Waals surface area (Å²) in [5, 5.41) is 0.457. The molecule has 6 nitrogen and oxygen atoms in total. The van der Waals surface area contributed by atoms with Gasteiger partial charge in [0.25, 0.3) is 5.91 Å². The normalized spacial score (nSPS) is 15.4. The number of piperazine rings is 1. The minimum Gasteiger partial charge on any atom is -0.484 e. The van der Waals surface area contributed by atoms with Crippen molar-refractivity contribution in [3.8, 4) is 5.75 Å². The van der Waals surface area contributed by atoms with Gasteiger partial charge >= 0.3 is 0 Å². The summed E-state index contributed by atoms with van der Waals surface area (Å²) in [6.07, 6.45) is 0. The average Bonchev–Trinajstić information content (AvgIpc) is 2.70. The number of carbonyl (C=O) groups excluding carboxylic acids is 1. The molecule has 0 spiro atoms. The summed E-state index contributed by atoms with van der Waals surface area (Å²) in [6.45, 7) is -0.414. The van der Waals surface area contributed by atoms with Gasteiger partial charge in [-0.1, -0.05) is 17.7 Å². The molecule has 0 aliphatic carbocycles. The first-order valence-electron chi connectivity index (χ1n) is 8.50. The summed E-state index contributed by atoms with van der Waals surface area (Å²) in [5.74, 6) is -5.03. The molecule has 1 amide bonds. The fourth-order valence-electron chi connectivity index (χ4n) is 2.82. The molecule has 0 saturated carbocycles. The van der Waals surface area contributed by atoms with Crippen LogP contribution >= 0.6 is 11.6 Å². The first kappa shape index (κ1) is 21.4. The molecule has 156 valence electrons. The molecule has 1 saturated heterocycles. The molecule has 0 N–H and O–H groups in total. The molecule has 0 radical (unpaired) electrons. The van der Waals surface area contributed by atoms with Crippen molar-refractivity contribution in [1.29, 1.82) is 0 Å². The van der Waals surface area contributed by atoms with Crippen molar-refractivity contribution >= 4 is 27.5 Å². The zero-order chi connectivity index (χ0) is 21.2. The number of carbonyl (C=O) groups is 1. The van der Waals surface area contributed by atoms with Gasteiger partial charge in [-0.3, -0.25) is 4.79 Å². The fraction of sp³-hybridized carbons (Fsp3) is 0.278. The highest BCUT2D eigenvalue weighted by Crippen LogP contribution is 2.24. The lowest BCUT2D eigenvalue weighted by molar-refractivity contribution is -0.134. The van der Waals surface area contributed by atoms with E-state index in [9.17, 15) is 26.4 Å². The molecule has 0 unspecified atom stereocenters. The predicted molar refractivity (Wildman–Crippen MR) is 98.6 cm³/mol. The molecule has 0 atom stereocenters. The van der Waals surface area contributed by atoms with Crippen LogP contribution in [0, 0.1) is 17.5 Å². The Morgan fingerprint density at radius 3 is 2.38 bits per heavy atom. The second-order valence-electron chi connectivity index (χ2n) is 6.20. The standard InChI is InChI=1S/C18H16ClF3N2O4S/c19-12-2-1-3-13(10-12)28-11-16(25)23-6-8-24(9-7-23)29(26,27)15-5-4-14(20)17(21)18(15)22/h1-5,10H,6-9,11H2. The van der Waals surface area contributed by atoms with E-state index in [4.69, 9.17) is 16.3 Å². The van der Waals surface area contributed by atoms with Crippen LogP contribution in [0.1, 0.15) is 0 Å². The molecule has 3 rings (SSSR count). The van der Waals surface area contributed by atoms with Crippen LogP contribution in [0.25, 0.3) is 0 Å². The third-order valence-corrected chi connectivity index (χ3v) is 6.52. The molecule has 2 aromatic rings. The van der Waals surface area contributed by atoms with Gasteiger partial charge < -0.3 is 9.64 Å². The lowest BCUT2D eigenvalue weighted by Crippen LogP contribution is -2.51. The van der Waals surface area contributed by atoms with Gasteiger partial charge in [0.1, 0.15) is 10.6 Å². The third-order valence-electron chi connectivity index (χ3n) is 4.37. The number of nitrogens with zero attached hydrogens (tertiary/aromatic N) is 2. The first-order valence-corrected chi connectivity index (χ1v) is 10.3. The Labute approximate surface area is 170 Å². The van der Waals surface area contributed by atoms with Gasteiger partial charge in [-0.05, 0) is 30.3 Å². The van der Waals surface area contributed by atoms with E-state index in [0.29, 0.717) is 22.9 Å². The zero-order valence-corrected chi connectivity index (χ0v) is 16.5. The summed E-state index contributed by atoms with van der Waals surface area (Å²) in [7, 11) is -4.37. The lowest BCUT2D eigenvalue weighted by Gasteiger charge is -2.34. The minimum atomic E-state index is -4.37. The second kappa shape index (κ2) is 8.60. The Kier molecular flexibility index (Phi) is 6.35. The zero-order valence-electron chi connectivity index (χ0n) is 14.9. The van der Waals surface area contributed by atoms with Crippen molar-refractivity contribution in [2.45, 2.75) is 4.90 Å². The number of benzene rings is 2. The summed E-state index contributed by atoms with van der Waals surface area (Å²) < 4.78 is 71.7. The van der Waals surface area contributed by atoms with Gasteiger partial charge in [0, 0.05) is 31.2 Å². The highest BCUT2D eigenvalue weighted by Gasteiger charge is 2.33. The van der Waals surface area contributed by atoms with Crippen LogP contribution in [-0.2, 0) is 14.8 Å². The van der Waals surface area contributed by atoms with Gasteiger partial charge in [-0.2, -0.15) is 4.31 Å². The van der Waals surface area contributed by atoms with Crippen LogP contribution in [0.4, 0.5) is 13.2 Å². The van der Waals surface area contributed by atoms with E-state index >= 15 is 0 Å². The molecule has 1 aliphatic rings. The van der Waals surface area contributed by atoms with E-state index in [1.54, 1.807) is 24.3 Å². The Morgan fingerprint density at radius 2 is 1.72 bits per heavy atom. The number of sulfonamides is 1. The second-order valence-corrected chi connectivity index (χ2v) is 8.55. The molecular formula is C18H16ClF3N2O4S. The Balaban J connectivity index is 1.61. The van der Waals surface area contributed by atoms with Gasteiger partial charge in [-0.25, -0.2) is 21.6 Å². The molecular weight excluding hydrogens is 433 g/mol. The van der Waals surface area contributed by atoms with E-state index in [2.05, 4.69) is 0 Å². The van der Waals surface area contributed by atoms with Gasteiger partial charge in [-0.15, -0.1) is 0 Å². The van der Waals surface area contributed by atoms with Gasteiger partial charge in [0.15, 0.2) is 24.1 Å². The summed E-state index contributed by atoms with van der Waals surface area (Å²) in [4.78, 5) is 12.7. The van der Waals surface area contributed by atoms with Crippen LogP contribution in [0.5, 0.6) is 5.75 Å². The van der Waals surface area contributed by atoms with E-state index in [1.165, 1.54) is 4.90 Å². The van der Waals surface area contributed by atoms with Crippen molar-refractivity contribution < 1.29 is 31.1 Å². The number of ether oxygens (including phenoxy) is 1. The molecule has 1 fully saturated rings. The van der Waals surface area contributed by atoms with Crippen molar-refractivity contribution in [2.24, 2.45) is 0 Å². The maximum atomic E-state index is 13.9. The average molecular weight is 449 g/mol. The SMILES string of the molecule is O=C(COc1cccc(Cl)c1)N1CCN(S(=O)(=O)c2ccc(F)c(F)c2F)CC1. The topological polar surface area (TPSA) is 66.9 Å². The molecule has 1 heterocycles. The number of hydrogen-bond acceptors (Lipinski definition) is 4. The fourth-order valence-corrected chi connectivity index (χ4v) is 4.48. The van der Waals surface area contributed by atoms with E-state index < -0.39 is 32.4 Å². The van der Waals surface area contributed by atoms with E-state index in [-0.39, 0.29) is 38.7 Å². The Hall–Kier alpha value is -2.30. The maximum Gasteiger partial charge on any atom is 0.260 e. The number of rotatable bonds is 5. The first-order chi connectivity index (χ1) is 13.7. The largest absolute Gasteiger partial charge is 0.484 e. The molecule has 1 aliphatic heterocycles. The Morgan fingerprint density at radius 1 is 1.03 bits per heavy atom. The van der Waals surface area contributed by atoms with Crippen molar-refractivity contribution in [3.05, 3.63) is 58.9 Å². The minimum absolute atomic E-state index is 0.0439. The highest BCUT2D eigenvalue weighted by atomic mass is 35.5. The van der Waals surface area contributed by atoms with Crippen LogP contribution < -0.4 is 4.74 Å². The quantitative estimate of drug-likeness (QED) is 0.660. The van der Waals surface area contributed by atoms with Crippen molar-refractivity contribution in [1.82, 2.24) is 9.21 Å². The third kappa shape index (κ3) is 4.65. The Bertz CT molecular complexity index is 1030. The molecule has 2 aromatic carbocycles. The molecule has 0 bridgehead atoms. The van der Waals surface area contributed by atoms with Crippen LogP contribution in [0.3, 0.4) is 0 Å². The number of halogens is 4. The maximum absolute atomic E-state index is 13.9. The van der Waals surface area contributed by atoms with Crippen molar-refractivity contribution in [2.75, 3.05) is 32.8 Å². The van der Waals surface area contributed by atoms with E-state index in [1.807, 2.05) is 0 Å². The molecule has 0 aromatic heterocycles. The van der Waals surface area contributed by atoms with Crippen LogP contribution in [0.15, 0.2) is 41.3 Å². The lowest BCUT2D eigenvalue weighted by atomic mass is 10.3. The summed E-state index contributed by atoms with van der Waals surface area (Å²) >= 11 is 5.84. The smallest absolute Gasteiger partial charge is 0.260 e. The number of hydrogen-bond donors (Lipinski definition) is 0. The predicted octanol–water partition coefficient (Wildman–Crippen LogP) is 2.67. The molecule has 11 heteroatoms. The summed E-state index contributed by atoms with van der Waals surface area (Å²) in [5.41, 5.74) is 0.